The fourth-order valence-corrected chi connectivity index (χ4v) is 4.63. The SMILES string of the molecule is COc1ccc(O[C@H](C(=O)N2C(=O)O[C@H](c3ccccc3)[C@H](C)N2C(C)C)[C@H](O)/C=C/c2ccccc2)cc1. The number of cyclic esters (lactones) is 1. The zero-order valence-electron chi connectivity index (χ0n) is 22.5. The largest absolute Gasteiger partial charge is 0.497 e. The molecule has 0 bridgehead atoms. The molecule has 0 saturated carbocycles. The molecule has 0 spiro atoms. The quantitative estimate of drug-likeness (QED) is 0.404. The van der Waals surface area contributed by atoms with Crippen molar-refractivity contribution in [2.24, 2.45) is 0 Å². The Hall–Kier alpha value is -4.14. The monoisotopic (exact) mass is 530 g/mol. The topological polar surface area (TPSA) is 88.5 Å². The molecule has 39 heavy (non-hydrogen) atoms. The summed E-state index contributed by atoms with van der Waals surface area (Å²) >= 11 is 0. The molecule has 2 amide bonds. The Morgan fingerprint density at radius 2 is 1.54 bits per heavy atom. The molecule has 4 atom stereocenters. The number of carbonyl (C=O) groups is 2. The second-order valence-corrected chi connectivity index (χ2v) is 9.55. The summed E-state index contributed by atoms with van der Waals surface area (Å²) in [5, 5.41) is 13.8. The summed E-state index contributed by atoms with van der Waals surface area (Å²) in [7, 11) is 1.55. The van der Waals surface area contributed by atoms with Crippen LogP contribution < -0.4 is 9.47 Å². The van der Waals surface area contributed by atoms with Gasteiger partial charge in [0.15, 0.2) is 0 Å². The van der Waals surface area contributed by atoms with E-state index in [1.54, 1.807) is 42.5 Å². The molecule has 1 fully saturated rings. The molecule has 0 unspecified atom stereocenters. The van der Waals surface area contributed by atoms with E-state index in [1.165, 1.54) is 6.08 Å². The van der Waals surface area contributed by atoms with E-state index >= 15 is 0 Å². The lowest BCUT2D eigenvalue weighted by Crippen LogP contribution is -2.65. The lowest BCUT2D eigenvalue weighted by atomic mass is 10.0. The molecule has 8 heteroatoms. The van der Waals surface area contributed by atoms with Crippen LogP contribution in [0.3, 0.4) is 0 Å². The van der Waals surface area contributed by atoms with Gasteiger partial charge in [-0.05, 0) is 56.2 Å². The zero-order chi connectivity index (χ0) is 27.9. The van der Waals surface area contributed by atoms with Crippen LogP contribution >= 0.6 is 0 Å². The second-order valence-electron chi connectivity index (χ2n) is 9.55. The standard InChI is InChI=1S/C31H34N2O6/c1-21(2)32-22(3)28(24-13-9-6-10-14-24)39-31(36)33(32)30(35)29(38-26-18-16-25(37-4)17-19-26)27(34)20-15-23-11-7-5-8-12-23/h5-22,27-29,34H,1-4H3/b20-15+/t22-,27+,28-,29-/m0/s1. The molecule has 4 rings (SSSR count). The van der Waals surface area contributed by atoms with Gasteiger partial charge >= 0.3 is 6.09 Å². The fourth-order valence-electron chi connectivity index (χ4n) is 4.63. The summed E-state index contributed by atoms with van der Waals surface area (Å²) in [5.41, 5.74) is 1.67. The molecule has 204 valence electrons. The Morgan fingerprint density at radius 3 is 2.13 bits per heavy atom. The highest BCUT2D eigenvalue weighted by Gasteiger charge is 2.48. The van der Waals surface area contributed by atoms with Gasteiger partial charge in [-0.3, -0.25) is 4.79 Å². The molecule has 8 nitrogen and oxygen atoms in total. The number of methoxy groups -OCH3 is 1. The van der Waals surface area contributed by atoms with Gasteiger partial charge in [0.25, 0.3) is 5.91 Å². The van der Waals surface area contributed by atoms with Crippen molar-refractivity contribution in [1.29, 1.82) is 0 Å². The van der Waals surface area contributed by atoms with Crippen LogP contribution in [-0.2, 0) is 9.53 Å². The van der Waals surface area contributed by atoms with E-state index in [0.29, 0.717) is 11.5 Å². The summed E-state index contributed by atoms with van der Waals surface area (Å²) in [4.78, 5) is 27.4. The smallest absolute Gasteiger partial charge is 0.432 e. The number of benzene rings is 3. The molecule has 0 radical (unpaired) electrons. The number of ether oxygens (including phenoxy) is 3. The Bertz CT molecular complexity index is 1260. The number of amides is 2. The number of aliphatic hydroxyl groups excluding tert-OH is 1. The summed E-state index contributed by atoms with van der Waals surface area (Å²) in [5.74, 6) is 0.201. The highest BCUT2D eigenvalue weighted by molar-refractivity contribution is 5.95. The zero-order valence-corrected chi connectivity index (χ0v) is 22.5. The third-order valence-electron chi connectivity index (χ3n) is 6.51. The Balaban J connectivity index is 1.66. The van der Waals surface area contributed by atoms with E-state index in [-0.39, 0.29) is 12.1 Å². The van der Waals surface area contributed by atoms with Gasteiger partial charge in [-0.25, -0.2) is 4.79 Å². The highest BCUT2D eigenvalue weighted by atomic mass is 16.6. The van der Waals surface area contributed by atoms with Crippen molar-refractivity contribution in [2.75, 3.05) is 7.11 Å². The van der Waals surface area contributed by atoms with Crippen LogP contribution in [0, 0.1) is 0 Å². The van der Waals surface area contributed by atoms with Crippen molar-refractivity contribution in [3.8, 4) is 11.5 Å². The normalized spacial score (nSPS) is 19.5. The summed E-state index contributed by atoms with van der Waals surface area (Å²) in [6.45, 7) is 5.68. The van der Waals surface area contributed by atoms with Gasteiger partial charge in [0.1, 0.15) is 23.7 Å². The van der Waals surface area contributed by atoms with Crippen LogP contribution in [0.4, 0.5) is 4.79 Å². The van der Waals surface area contributed by atoms with E-state index in [0.717, 1.165) is 16.1 Å². The predicted molar refractivity (Wildman–Crippen MR) is 148 cm³/mol. The van der Waals surface area contributed by atoms with Crippen LogP contribution in [0.15, 0.2) is 91.0 Å². The fraction of sp³-hybridized carbons (Fsp3) is 0.290. The van der Waals surface area contributed by atoms with E-state index in [1.807, 2.05) is 81.4 Å². The van der Waals surface area contributed by atoms with Gasteiger partial charge in [-0.2, -0.15) is 10.0 Å². The Morgan fingerprint density at radius 1 is 0.949 bits per heavy atom. The molecule has 3 aromatic carbocycles. The Labute approximate surface area is 229 Å². The van der Waals surface area contributed by atoms with Crippen molar-refractivity contribution < 1.29 is 28.9 Å². The number of rotatable bonds is 9. The van der Waals surface area contributed by atoms with E-state index in [2.05, 4.69) is 0 Å². The van der Waals surface area contributed by atoms with Crippen LogP contribution in [-0.4, -0.2) is 58.5 Å². The average molecular weight is 531 g/mol. The molecule has 1 saturated heterocycles. The lowest BCUT2D eigenvalue weighted by molar-refractivity contribution is -0.184. The third-order valence-corrected chi connectivity index (χ3v) is 6.51. The first-order chi connectivity index (χ1) is 18.8. The maximum absolute atomic E-state index is 14.0. The van der Waals surface area contributed by atoms with E-state index < -0.39 is 30.3 Å². The van der Waals surface area contributed by atoms with Crippen LogP contribution in [0.5, 0.6) is 11.5 Å². The number of aliphatic hydroxyl groups is 1. The van der Waals surface area contributed by atoms with Gasteiger partial charge in [0, 0.05) is 6.04 Å². The molecule has 1 aliphatic heterocycles. The minimum Gasteiger partial charge on any atom is -0.497 e. The first kappa shape index (κ1) is 27.9. The molecule has 0 aromatic heterocycles. The van der Waals surface area contributed by atoms with Gasteiger partial charge in [0.2, 0.25) is 6.10 Å². The van der Waals surface area contributed by atoms with E-state index in [9.17, 15) is 14.7 Å². The van der Waals surface area contributed by atoms with Crippen molar-refractivity contribution in [2.45, 2.75) is 51.2 Å². The summed E-state index contributed by atoms with van der Waals surface area (Å²) in [6, 6.07) is 24.8. The molecule has 1 N–H and O–H groups in total. The number of carbonyl (C=O) groups excluding carboxylic acids is 2. The predicted octanol–water partition coefficient (Wildman–Crippen LogP) is 5.25. The highest BCUT2D eigenvalue weighted by Crippen LogP contribution is 2.34. The molecule has 1 heterocycles. The van der Waals surface area contributed by atoms with Crippen molar-refractivity contribution in [3.63, 3.8) is 0 Å². The van der Waals surface area contributed by atoms with Crippen molar-refractivity contribution >= 4 is 18.1 Å². The Kier molecular flexibility index (Phi) is 9.01. The molecule has 0 aliphatic carbocycles. The van der Waals surface area contributed by atoms with Crippen molar-refractivity contribution in [1.82, 2.24) is 10.0 Å². The molecule has 3 aromatic rings. The van der Waals surface area contributed by atoms with Gasteiger partial charge in [0.05, 0.1) is 13.2 Å². The average Bonchev–Trinajstić information content (AvgIpc) is 2.96. The molecule has 1 aliphatic rings. The third kappa shape index (κ3) is 6.47. The second kappa shape index (κ2) is 12.6. The van der Waals surface area contributed by atoms with Crippen molar-refractivity contribution in [3.05, 3.63) is 102 Å². The minimum absolute atomic E-state index is 0.235. The van der Waals surface area contributed by atoms with Gasteiger partial charge < -0.3 is 19.3 Å². The number of hydrazine groups is 1. The van der Waals surface area contributed by atoms with Crippen LogP contribution in [0.25, 0.3) is 6.08 Å². The van der Waals surface area contributed by atoms with Gasteiger partial charge in [-0.1, -0.05) is 72.8 Å². The summed E-state index contributed by atoms with van der Waals surface area (Å²) in [6.07, 6.45) is -1.04. The lowest BCUT2D eigenvalue weighted by Gasteiger charge is -2.47. The molecular formula is C31H34N2O6. The number of hydrogen-bond donors (Lipinski definition) is 1. The first-order valence-corrected chi connectivity index (χ1v) is 12.9. The first-order valence-electron chi connectivity index (χ1n) is 12.9. The molecular weight excluding hydrogens is 496 g/mol. The van der Waals surface area contributed by atoms with Gasteiger partial charge in [-0.15, -0.1) is 0 Å². The number of hydrogen-bond acceptors (Lipinski definition) is 7. The van der Waals surface area contributed by atoms with E-state index in [4.69, 9.17) is 14.2 Å². The van der Waals surface area contributed by atoms with Crippen LogP contribution in [0.1, 0.15) is 38.0 Å². The maximum Gasteiger partial charge on any atom is 0.432 e. The number of nitrogens with zero attached hydrogens (tertiary/aromatic N) is 2. The number of imide groups is 1. The maximum atomic E-state index is 14.0. The summed E-state index contributed by atoms with van der Waals surface area (Å²) < 4.78 is 17.0. The van der Waals surface area contributed by atoms with Crippen LogP contribution in [0.2, 0.25) is 0 Å². The minimum atomic E-state index is -1.44.